The first kappa shape index (κ1) is 32.6. The minimum atomic E-state index is -0.703. The molecular weight excluding hydrogens is 488 g/mol. The van der Waals surface area contributed by atoms with Gasteiger partial charge in [0.25, 0.3) is 0 Å². The number of rotatable bonds is 17. The van der Waals surface area contributed by atoms with Gasteiger partial charge in [-0.15, -0.1) is 0 Å². The molecule has 170 valence electrons. The Bertz CT molecular complexity index is 328. The third kappa shape index (κ3) is 28.1. The van der Waals surface area contributed by atoms with E-state index in [0.29, 0.717) is 12.8 Å². The maximum Gasteiger partial charge on any atom is 0.306 e. The maximum atomic E-state index is 11.8. The summed E-state index contributed by atoms with van der Waals surface area (Å²) >= 11 is 6.59. The highest BCUT2D eigenvalue weighted by Gasteiger charge is 2.13. The summed E-state index contributed by atoms with van der Waals surface area (Å²) in [5, 5.41) is 10.00. The molecule has 4 nitrogen and oxygen atoms in total. The number of hydrogen-bond acceptors (Lipinski definition) is 3. The van der Waals surface area contributed by atoms with Gasteiger partial charge in [0, 0.05) is 23.5 Å². The molecule has 0 heterocycles. The first-order chi connectivity index (χ1) is 13.0. The average molecular weight is 532 g/mol. The van der Waals surface area contributed by atoms with E-state index in [-0.39, 0.29) is 19.5 Å². The number of carboxylic acids is 1. The lowest BCUT2D eigenvalue weighted by Crippen LogP contribution is -2.18. The molecule has 6 heteroatoms. The van der Waals surface area contributed by atoms with Crippen LogP contribution in [0.1, 0.15) is 111 Å². The summed E-state index contributed by atoms with van der Waals surface area (Å²) in [4.78, 5) is 21.6. The summed E-state index contributed by atoms with van der Waals surface area (Å²) in [6, 6.07) is 0. The monoisotopic (exact) mass is 530 g/mol. The Morgan fingerprint density at radius 1 is 0.786 bits per heavy atom. The van der Waals surface area contributed by atoms with Crippen LogP contribution in [0, 0.1) is 0 Å². The number of ether oxygens (including phenoxy) is 1. The van der Waals surface area contributed by atoms with Crippen molar-refractivity contribution in [3.05, 3.63) is 0 Å². The largest absolute Gasteiger partial charge is 0.481 e. The van der Waals surface area contributed by atoms with Gasteiger partial charge in [-0.2, -0.15) is 0 Å². The van der Waals surface area contributed by atoms with E-state index in [9.17, 15) is 9.59 Å². The Balaban J connectivity index is -0.000000587. The van der Waals surface area contributed by atoms with Gasteiger partial charge < -0.3 is 9.84 Å². The van der Waals surface area contributed by atoms with Crippen LogP contribution in [0.25, 0.3) is 0 Å². The molecule has 0 aliphatic heterocycles. The second-order valence-electron chi connectivity index (χ2n) is 6.79. The maximum absolute atomic E-state index is 11.8. The van der Waals surface area contributed by atoms with Gasteiger partial charge in [-0.25, -0.2) is 0 Å². The van der Waals surface area contributed by atoms with Crippen molar-refractivity contribution in [1.82, 2.24) is 0 Å². The van der Waals surface area contributed by atoms with Crippen LogP contribution in [0.2, 0.25) is 0 Å². The molecule has 1 N–H and O–H groups in total. The van der Waals surface area contributed by atoms with Crippen molar-refractivity contribution in [3.63, 3.8) is 0 Å². The number of halogens is 2. The first-order valence-corrected chi connectivity index (χ1v) is 12.8. The zero-order valence-corrected chi connectivity index (χ0v) is 20.5. The van der Waals surface area contributed by atoms with Crippen LogP contribution in [0.5, 0.6) is 0 Å². The molecule has 0 aromatic heterocycles. The number of carbonyl (C=O) groups is 2. The number of aliphatic carboxylic acids is 1. The number of hydrogen-bond donors (Lipinski definition) is 1. The minimum absolute atomic E-state index is 0. The van der Waals surface area contributed by atoms with Crippen molar-refractivity contribution >= 4 is 43.8 Å². The van der Waals surface area contributed by atoms with Gasteiger partial charge in [0.15, 0.2) is 0 Å². The molecule has 0 unspecified atom stereocenters. The van der Waals surface area contributed by atoms with E-state index in [4.69, 9.17) is 9.84 Å². The van der Waals surface area contributed by atoms with Crippen LogP contribution < -0.4 is 0 Å². The van der Waals surface area contributed by atoms with Gasteiger partial charge in [0.1, 0.15) is 6.10 Å². The van der Waals surface area contributed by atoms with Crippen LogP contribution in [-0.4, -0.2) is 33.8 Å². The fraction of sp³-hybridized carbons (Fsp3) is 0.909. The lowest BCUT2D eigenvalue weighted by Gasteiger charge is -2.18. The molecule has 0 aliphatic carbocycles. The van der Waals surface area contributed by atoms with Crippen molar-refractivity contribution in [2.45, 2.75) is 117 Å². The number of unbranched alkanes of at least 4 members (excludes halogenated alkanes) is 6. The Morgan fingerprint density at radius 2 is 1.25 bits per heavy atom. The quantitative estimate of drug-likeness (QED) is 0.118. The molecule has 0 aliphatic rings. The molecule has 0 spiro atoms. The standard InChI is InChI=1S/C16H31BrO2.C5H9BrO2.CH4/c1-3-5-7-11-15(12-8-6-4-2)19-16(18)13-9-10-14-17;6-4-2-1-3-5(7)8;/h15H,3-14H2,1-2H3;1-4H2,(H,7,8);1H4. The topological polar surface area (TPSA) is 63.6 Å². The first-order valence-electron chi connectivity index (χ1n) is 10.5. The van der Waals surface area contributed by atoms with Crippen molar-refractivity contribution in [2.75, 3.05) is 10.7 Å². The number of alkyl halides is 2. The fourth-order valence-electron chi connectivity index (χ4n) is 2.49. The molecule has 0 amide bonds. The van der Waals surface area contributed by atoms with Crippen LogP contribution >= 0.6 is 31.9 Å². The van der Waals surface area contributed by atoms with Crippen LogP contribution in [0.15, 0.2) is 0 Å². The average Bonchev–Trinajstić information content (AvgIpc) is 2.62. The minimum Gasteiger partial charge on any atom is -0.481 e. The van der Waals surface area contributed by atoms with E-state index in [1.807, 2.05) is 0 Å². The Labute approximate surface area is 190 Å². The third-order valence-electron chi connectivity index (χ3n) is 4.10. The van der Waals surface area contributed by atoms with Gasteiger partial charge in [-0.3, -0.25) is 9.59 Å². The van der Waals surface area contributed by atoms with E-state index in [2.05, 4.69) is 45.7 Å². The van der Waals surface area contributed by atoms with E-state index in [1.54, 1.807) is 0 Å². The second-order valence-corrected chi connectivity index (χ2v) is 8.38. The van der Waals surface area contributed by atoms with E-state index in [1.165, 1.54) is 38.5 Å². The van der Waals surface area contributed by atoms with E-state index in [0.717, 1.165) is 49.2 Å². The molecule has 0 radical (unpaired) electrons. The number of carbonyl (C=O) groups excluding carboxylic acids is 1. The normalized spacial score (nSPS) is 10.0. The Kier molecular flexibility index (Phi) is 31.3. The molecular formula is C22H44Br2O4. The molecule has 0 bridgehead atoms. The zero-order chi connectivity index (χ0) is 20.8. The van der Waals surface area contributed by atoms with Gasteiger partial charge in [-0.1, -0.05) is 78.8 Å². The summed E-state index contributed by atoms with van der Waals surface area (Å²) in [6.07, 6.45) is 14.1. The fourth-order valence-corrected chi connectivity index (χ4v) is 3.28. The molecule has 0 rings (SSSR count). The predicted molar refractivity (Wildman–Crippen MR) is 128 cm³/mol. The van der Waals surface area contributed by atoms with Gasteiger partial charge in [-0.05, 0) is 51.4 Å². The van der Waals surface area contributed by atoms with Crippen molar-refractivity contribution in [1.29, 1.82) is 0 Å². The van der Waals surface area contributed by atoms with Crippen LogP contribution in [0.3, 0.4) is 0 Å². The molecule has 0 fully saturated rings. The summed E-state index contributed by atoms with van der Waals surface area (Å²) < 4.78 is 5.64. The van der Waals surface area contributed by atoms with Crippen molar-refractivity contribution in [2.24, 2.45) is 0 Å². The summed E-state index contributed by atoms with van der Waals surface area (Å²) in [5.74, 6) is -0.704. The Morgan fingerprint density at radius 3 is 1.64 bits per heavy atom. The lowest BCUT2D eigenvalue weighted by molar-refractivity contribution is -0.150. The Hall–Kier alpha value is -0.100. The molecule has 0 aromatic rings. The van der Waals surface area contributed by atoms with Gasteiger partial charge >= 0.3 is 11.9 Å². The molecule has 0 saturated heterocycles. The number of carboxylic acid groups (broad SMARTS) is 1. The van der Waals surface area contributed by atoms with Gasteiger partial charge in [0.2, 0.25) is 0 Å². The van der Waals surface area contributed by atoms with E-state index >= 15 is 0 Å². The van der Waals surface area contributed by atoms with Crippen molar-refractivity contribution in [3.8, 4) is 0 Å². The molecule has 0 atom stereocenters. The summed E-state index contributed by atoms with van der Waals surface area (Å²) in [6.45, 7) is 4.41. The van der Waals surface area contributed by atoms with Gasteiger partial charge in [0.05, 0.1) is 0 Å². The number of esters is 1. The second kappa shape index (κ2) is 26.9. The zero-order valence-electron chi connectivity index (χ0n) is 17.3. The predicted octanol–water partition coefficient (Wildman–Crippen LogP) is 7.90. The highest BCUT2D eigenvalue weighted by molar-refractivity contribution is 9.09. The molecule has 0 saturated carbocycles. The smallest absolute Gasteiger partial charge is 0.306 e. The highest BCUT2D eigenvalue weighted by atomic mass is 79.9. The van der Waals surface area contributed by atoms with Crippen LogP contribution in [-0.2, 0) is 14.3 Å². The highest BCUT2D eigenvalue weighted by Crippen LogP contribution is 2.15. The third-order valence-corrected chi connectivity index (χ3v) is 5.22. The lowest BCUT2D eigenvalue weighted by atomic mass is 10.0. The SMILES string of the molecule is C.CCCCCC(CCCCC)OC(=O)CCCCBr.O=C(O)CCCCBr. The van der Waals surface area contributed by atoms with Crippen LogP contribution in [0.4, 0.5) is 0 Å². The molecule has 0 aromatic carbocycles. The summed E-state index contributed by atoms with van der Waals surface area (Å²) in [5.41, 5.74) is 0. The van der Waals surface area contributed by atoms with Crippen molar-refractivity contribution < 1.29 is 19.4 Å². The van der Waals surface area contributed by atoms with E-state index < -0.39 is 5.97 Å². The molecule has 28 heavy (non-hydrogen) atoms. The summed E-state index contributed by atoms with van der Waals surface area (Å²) in [7, 11) is 0.